The number of rotatable bonds is 5. The van der Waals surface area contributed by atoms with Crippen LogP contribution in [0.5, 0.6) is 0 Å². The summed E-state index contributed by atoms with van der Waals surface area (Å²) in [6, 6.07) is 12.7. The van der Waals surface area contributed by atoms with Crippen molar-refractivity contribution in [2.24, 2.45) is 18.0 Å². The second-order valence-corrected chi connectivity index (χ2v) is 7.17. The summed E-state index contributed by atoms with van der Waals surface area (Å²) in [4.78, 5) is 8.17. The number of nitrogens with one attached hydrogen (secondary N) is 1. The SMILES string of the molecule is CN=C(NCc1ccnn1C)N1CCC(CSc2ccccc2)C1.I. The molecule has 136 valence electrons. The van der Waals surface area contributed by atoms with Crippen LogP contribution in [0.4, 0.5) is 0 Å². The molecule has 2 heterocycles. The lowest BCUT2D eigenvalue weighted by atomic mass is 10.2. The molecule has 7 heteroatoms. The van der Waals surface area contributed by atoms with Gasteiger partial charge in [-0.15, -0.1) is 35.7 Å². The number of aliphatic imine (C=N–C) groups is 1. The fraction of sp³-hybridized carbons (Fsp3) is 0.444. The molecule has 0 spiro atoms. The Morgan fingerprint density at radius 1 is 1.32 bits per heavy atom. The fourth-order valence-corrected chi connectivity index (χ4v) is 4.02. The summed E-state index contributed by atoms with van der Waals surface area (Å²) < 4.78 is 1.89. The Morgan fingerprint density at radius 3 is 2.80 bits per heavy atom. The van der Waals surface area contributed by atoms with Crippen molar-refractivity contribution in [2.45, 2.75) is 17.9 Å². The molecule has 1 aromatic heterocycles. The number of halogens is 1. The van der Waals surface area contributed by atoms with Crippen LogP contribution < -0.4 is 5.32 Å². The van der Waals surface area contributed by atoms with Crippen molar-refractivity contribution in [3.8, 4) is 0 Å². The molecule has 5 nitrogen and oxygen atoms in total. The summed E-state index contributed by atoms with van der Waals surface area (Å²) in [5.41, 5.74) is 1.16. The fourth-order valence-electron chi connectivity index (χ4n) is 2.97. The highest BCUT2D eigenvalue weighted by atomic mass is 127. The van der Waals surface area contributed by atoms with Crippen LogP contribution in [0.1, 0.15) is 12.1 Å². The quantitative estimate of drug-likeness (QED) is 0.315. The lowest BCUT2D eigenvalue weighted by Gasteiger charge is -2.21. The zero-order valence-electron chi connectivity index (χ0n) is 14.8. The molecule has 3 rings (SSSR count). The first-order valence-corrected chi connectivity index (χ1v) is 9.35. The maximum Gasteiger partial charge on any atom is 0.193 e. The summed E-state index contributed by atoms with van der Waals surface area (Å²) in [6.45, 7) is 2.90. The minimum atomic E-state index is 0. The van der Waals surface area contributed by atoms with Crippen LogP contribution in [0, 0.1) is 5.92 Å². The van der Waals surface area contributed by atoms with Gasteiger partial charge in [-0.2, -0.15) is 5.10 Å². The van der Waals surface area contributed by atoms with Gasteiger partial charge in [-0.05, 0) is 30.5 Å². The topological polar surface area (TPSA) is 45.5 Å². The Morgan fingerprint density at radius 2 is 2.12 bits per heavy atom. The van der Waals surface area contributed by atoms with Crippen molar-refractivity contribution in [2.75, 3.05) is 25.9 Å². The van der Waals surface area contributed by atoms with Crippen LogP contribution in [0.15, 0.2) is 52.5 Å². The molecule has 1 fully saturated rings. The van der Waals surface area contributed by atoms with Gasteiger partial charge in [-0.3, -0.25) is 9.67 Å². The van der Waals surface area contributed by atoms with Gasteiger partial charge < -0.3 is 10.2 Å². The van der Waals surface area contributed by atoms with E-state index in [0.29, 0.717) is 5.92 Å². The normalized spacial score (nSPS) is 17.4. The van der Waals surface area contributed by atoms with Crippen molar-refractivity contribution in [1.29, 1.82) is 0 Å². The molecule has 1 aromatic carbocycles. The molecule has 0 bridgehead atoms. The summed E-state index contributed by atoms with van der Waals surface area (Å²) in [6.07, 6.45) is 3.05. The smallest absolute Gasteiger partial charge is 0.193 e. The number of likely N-dealkylation sites (tertiary alicyclic amines) is 1. The largest absolute Gasteiger partial charge is 0.351 e. The van der Waals surface area contributed by atoms with Gasteiger partial charge in [0.25, 0.3) is 0 Å². The maximum absolute atomic E-state index is 4.45. The third-order valence-corrected chi connectivity index (χ3v) is 5.62. The Balaban J connectivity index is 0.00000225. The molecule has 1 aliphatic heterocycles. The Kier molecular flexibility index (Phi) is 8.08. The standard InChI is InChI=1S/C18H25N5S.HI/c1-19-18(20-12-16-8-10-21-22(16)2)23-11-9-15(13-23)14-24-17-6-4-3-5-7-17;/h3-8,10,15H,9,11-14H2,1-2H3,(H,19,20);1H. The van der Waals surface area contributed by atoms with Gasteiger partial charge in [0.2, 0.25) is 0 Å². The molecular formula is C18H26IN5S. The van der Waals surface area contributed by atoms with Gasteiger partial charge in [0.15, 0.2) is 5.96 Å². The molecule has 0 amide bonds. The predicted molar refractivity (Wildman–Crippen MR) is 116 cm³/mol. The zero-order valence-corrected chi connectivity index (χ0v) is 17.9. The van der Waals surface area contributed by atoms with Crippen LogP contribution in [0.2, 0.25) is 0 Å². The van der Waals surface area contributed by atoms with E-state index in [0.717, 1.165) is 31.3 Å². The van der Waals surface area contributed by atoms with Gasteiger partial charge in [0.05, 0.1) is 12.2 Å². The average Bonchev–Trinajstić information content (AvgIpc) is 3.24. The van der Waals surface area contributed by atoms with Crippen molar-refractivity contribution in [3.05, 3.63) is 48.3 Å². The summed E-state index contributed by atoms with van der Waals surface area (Å²) >= 11 is 1.95. The first-order valence-electron chi connectivity index (χ1n) is 8.36. The van der Waals surface area contributed by atoms with Gasteiger partial charge in [0, 0.05) is 44.0 Å². The molecule has 2 aromatic rings. The molecule has 1 atom stereocenters. The van der Waals surface area contributed by atoms with E-state index in [4.69, 9.17) is 0 Å². The van der Waals surface area contributed by atoms with Crippen molar-refractivity contribution >= 4 is 41.7 Å². The maximum atomic E-state index is 4.45. The Labute approximate surface area is 171 Å². The Hall–Kier alpha value is -1.22. The third kappa shape index (κ3) is 5.64. The number of benzene rings is 1. The summed E-state index contributed by atoms with van der Waals surface area (Å²) in [7, 11) is 3.82. The number of thioether (sulfide) groups is 1. The van der Waals surface area contributed by atoms with Crippen molar-refractivity contribution < 1.29 is 0 Å². The summed E-state index contributed by atoms with van der Waals surface area (Å²) in [5, 5.41) is 7.66. The number of nitrogens with zero attached hydrogens (tertiary/aromatic N) is 4. The van der Waals surface area contributed by atoms with E-state index < -0.39 is 0 Å². The molecule has 25 heavy (non-hydrogen) atoms. The number of aromatic nitrogens is 2. The monoisotopic (exact) mass is 471 g/mol. The average molecular weight is 471 g/mol. The summed E-state index contributed by atoms with van der Waals surface area (Å²) in [5.74, 6) is 2.87. The van der Waals surface area contributed by atoms with Crippen LogP contribution in [-0.4, -0.2) is 46.5 Å². The second-order valence-electron chi connectivity index (χ2n) is 6.07. The lowest BCUT2D eigenvalue weighted by molar-refractivity contribution is 0.472. The first-order chi connectivity index (χ1) is 11.8. The second kappa shape index (κ2) is 10.1. The van der Waals surface area contributed by atoms with E-state index in [9.17, 15) is 0 Å². The van der Waals surface area contributed by atoms with Crippen molar-refractivity contribution in [1.82, 2.24) is 20.0 Å². The van der Waals surface area contributed by atoms with E-state index in [-0.39, 0.29) is 24.0 Å². The highest BCUT2D eigenvalue weighted by molar-refractivity contribution is 14.0. The Bertz CT molecular complexity index is 673. The molecule has 1 saturated heterocycles. The number of hydrogen-bond acceptors (Lipinski definition) is 3. The molecule has 0 radical (unpaired) electrons. The minimum Gasteiger partial charge on any atom is -0.351 e. The van der Waals surface area contributed by atoms with Crippen molar-refractivity contribution in [3.63, 3.8) is 0 Å². The van der Waals surface area contributed by atoms with Gasteiger partial charge in [-0.25, -0.2) is 0 Å². The number of guanidine groups is 1. The minimum absolute atomic E-state index is 0. The molecule has 1 aliphatic rings. The van der Waals surface area contributed by atoms with Gasteiger partial charge in [0.1, 0.15) is 0 Å². The number of aryl methyl sites for hydroxylation is 1. The van der Waals surface area contributed by atoms with E-state index in [1.54, 1.807) is 0 Å². The van der Waals surface area contributed by atoms with Gasteiger partial charge >= 0.3 is 0 Å². The molecule has 0 aliphatic carbocycles. The van der Waals surface area contributed by atoms with Crippen LogP contribution in [0.3, 0.4) is 0 Å². The van der Waals surface area contributed by atoms with Crippen LogP contribution >= 0.6 is 35.7 Å². The molecular weight excluding hydrogens is 445 g/mol. The van der Waals surface area contributed by atoms with E-state index in [1.165, 1.54) is 17.1 Å². The highest BCUT2D eigenvalue weighted by Gasteiger charge is 2.24. The molecule has 1 unspecified atom stereocenters. The van der Waals surface area contributed by atoms with Crippen LogP contribution in [-0.2, 0) is 13.6 Å². The molecule has 0 saturated carbocycles. The van der Waals surface area contributed by atoms with Crippen LogP contribution in [0.25, 0.3) is 0 Å². The highest BCUT2D eigenvalue weighted by Crippen LogP contribution is 2.25. The first kappa shape index (κ1) is 20.1. The number of hydrogen-bond donors (Lipinski definition) is 1. The lowest BCUT2D eigenvalue weighted by Crippen LogP contribution is -2.40. The van der Waals surface area contributed by atoms with Gasteiger partial charge in [-0.1, -0.05) is 18.2 Å². The van der Waals surface area contributed by atoms with E-state index in [2.05, 4.69) is 50.6 Å². The molecule has 1 N–H and O–H groups in total. The van der Waals surface area contributed by atoms with E-state index >= 15 is 0 Å². The third-order valence-electron chi connectivity index (χ3n) is 4.38. The zero-order chi connectivity index (χ0) is 16.8. The van der Waals surface area contributed by atoms with E-state index in [1.807, 2.05) is 42.8 Å². The predicted octanol–water partition coefficient (Wildman–Crippen LogP) is 3.23.